The van der Waals surface area contributed by atoms with Crippen LogP contribution in [0.25, 0.3) is 0 Å². The topological polar surface area (TPSA) is 70.1 Å². The summed E-state index contributed by atoms with van der Waals surface area (Å²) in [5.74, 6) is -0.307. The lowest BCUT2D eigenvalue weighted by atomic mass is 10.5. The van der Waals surface area contributed by atoms with Crippen LogP contribution in [0.1, 0.15) is 13.8 Å². The number of hydrogen-bond donors (Lipinski definition) is 1. The Balaban J connectivity index is 0.00000169. The second-order valence-corrected chi connectivity index (χ2v) is 3.01. The minimum atomic E-state index is -0.307. The van der Waals surface area contributed by atoms with E-state index in [0.29, 0.717) is 5.69 Å². The molecule has 0 unspecified atom stereocenters. The Morgan fingerprint density at radius 1 is 1.71 bits per heavy atom. The van der Waals surface area contributed by atoms with Crippen LogP contribution in [0.15, 0.2) is 12.4 Å². The van der Waals surface area contributed by atoms with Crippen LogP contribution in [0.5, 0.6) is 0 Å². The first kappa shape index (κ1) is 12.8. The first-order chi connectivity index (χ1) is 6.08. The molecule has 0 saturated carbocycles. The minimum absolute atomic E-state index is 0. The third kappa shape index (κ3) is 4.13. The Kier molecular flexibility index (Phi) is 5.01. The third-order valence-corrected chi connectivity index (χ3v) is 1.31. The lowest BCUT2D eigenvalue weighted by Crippen LogP contribution is -2.17. The molecule has 6 heteroatoms. The van der Waals surface area contributed by atoms with Gasteiger partial charge in [0.15, 0.2) is 0 Å². The average Bonchev–Trinajstić information content (AvgIpc) is 2.33. The van der Waals surface area contributed by atoms with Crippen LogP contribution in [-0.4, -0.2) is 21.9 Å². The van der Waals surface area contributed by atoms with Crippen LogP contribution in [-0.2, 0) is 16.1 Å². The molecule has 0 spiro atoms. The van der Waals surface area contributed by atoms with Crippen molar-refractivity contribution in [3.05, 3.63) is 12.4 Å². The van der Waals surface area contributed by atoms with E-state index in [-0.39, 0.29) is 31.0 Å². The first-order valence-corrected chi connectivity index (χ1v) is 4.05. The SMILES string of the molecule is CC(C)OC(=O)Cn1cc(N)cn1.Cl. The Hall–Kier alpha value is -1.23. The summed E-state index contributed by atoms with van der Waals surface area (Å²) in [4.78, 5) is 11.1. The highest BCUT2D eigenvalue weighted by molar-refractivity contribution is 5.85. The van der Waals surface area contributed by atoms with Crippen LogP contribution in [0, 0.1) is 0 Å². The highest BCUT2D eigenvalue weighted by Crippen LogP contribution is 1.98. The molecule has 0 aliphatic carbocycles. The van der Waals surface area contributed by atoms with Gasteiger partial charge < -0.3 is 10.5 Å². The Labute approximate surface area is 88.6 Å². The smallest absolute Gasteiger partial charge is 0.328 e. The van der Waals surface area contributed by atoms with Crippen LogP contribution in [0.2, 0.25) is 0 Å². The number of nitrogens with two attached hydrogens (primary N) is 1. The monoisotopic (exact) mass is 219 g/mol. The van der Waals surface area contributed by atoms with E-state index in [9.17, 15) is 4.79 Å². The lowest BCUT2D eigenvalue weighted by molar-refractivity contribution is -0.148. The quantitative estimate of drug-likeness (QED) is 0.765. The number of halogens is 1. The summed E-state index contributed by atoms with van der Waals surface area (Å²) < 4.78 is 6.37. The largest absolute Gasteiger partial charge is 0.462 e. The van der Waals surface area contributed by atoms with E-state index in [2.05, 4.69) is 5.10 Å². The summed E-state index contributed by atoms with van der Waals surface area (Å²) in [5.41, 5.74) is 5.96. The van der Waals surface area contributed by atoms with Gasteiger partial charge >= 0.3 is 5.97 Å². The van der Waals surface area contributed by atoms with E-state index in [0.717, 1.165) is 0 Å². The predicted molar refractivity (Wildman–Crippen MR) is 55.1 cm³/mol. The number of nitrogen functional groups attached to an aromatic ring is 1. The average molecular weight is 220 g/mol. The van der Waals surface area contributed by atoms with E-state index in [1.807, 2.05) is 0 Å². The molecular weight excluding hydrogens is 206 g/mol. The van der Waals surface area contributed by atoms with Gasteiger partial charge in [0.05, 0.1) is 18.0 Å². The molecule has 0 bridgehead atoms. The molecule has 1 heterocycles. The zero-order chi connectivity index (χ0) is 9.84. The fourth-order valence-corrected chi connectivity index (χ4v) is 0.898. The van der Waals surface area contributed by atoms with Crippen molar-refractivity contribution in [3.8, 4) is 0 Å². The molecule has 0 fully saturated rings. The molecule has 1 rings (SSSR count). The van der Waals surface area contributed by atoms with Gasteiger partial charge in [-0.2, -0.15) is 5.10 Å². The van der Waals surface area contributed by atoms with Crippen molar-refractivity contribution in [1.82, 2.24) is 9.78 Å². The molecule has 5 nitrogen and oxygen atoms in total. The number of anilines is 1. The normalized spacial score (nSPS) is 9.64. The molecule has 2 N–H and O–H groups in total. The van der Waals surface area contributed by atoms with Crippen LogP contribution in [0.3, 0.4) is 0 Å². The van der Waals surface area contributed by atoms with Gasteiger partial charge in [0.1, 0.15) is 6.54 Å². The Morgan fingerprint density at radius 3 is 2.79 bits per heavy atom. The van der Waals surface area contributed by atoms with Gasteiger partial charge in [-0.1, -0.05) is 0 Å². The molecule has 1 aromatic heterocycles. The number of carbonyl (C=O) groups is 1. The van der Waals surface area contributed by atoms with Gasteiger partial charge in [-0.25, -0.2) is 0 Å². The minimum Gasteiger partial charge on any atom is -0.462 e. The maximum Gasteiger partial charge on any atom is 0.328 e. The van der Waals surface area contributed by atoms with Crippen molar-refractivity contribution >= 4 is 24.1 Å². The molecular formula is C8H14ClN3O2. The summed E-state index contributed by atoms with van der Waals surface area (Å²) in [6, 6.07) is 0. The zero-order valence-corrected chi connectivity index (χ0v) is 8.95. The summed E-state index contributed by atoms with van der Waals surface area (Å²) in [7, 11) is 0. The van der Waals surface area contributed by atoms with Crippen molar-refractivity contribution in [2.45, 2.75) is 26.5 Å². The van der Waals surface area contributed by atoms with Crippen molar-refractivity contribution in [2.75, 3.05) is 5.73 Å². The third-order valence-electron chi connectivity index (χ3n) is 1.31. The van der Waals surface area contributed by atoms with Crippen LogP contribution < -0.4 is 5.73 Å². The number of carbonyl (C=O) groups excluding carboxylic acids is 1. The number of ether oxygens (including phenoxy) is 1. The van der Waals surface area contributed by atoms with E-state index >= 15 is 0 Å². The van der Waals surface area contributed by atoms with E-state index < -0.39 is 0 Å². The highest BCUT2D eigenvalue weighted by Gasteiger charge is 2.06. The summed E-state index contributed by atoms with van der Waals surface area (Å²) in [6.45, 7) is 3.71. The predicted octanol–water partition coefficient (Wildman–Crippen LogP) is 0.839. The van der Waals surface area contributed by atoms with Gasteiger partial charge in [-0.3, -0.25) is 9.48 Å². The lowest BCUT2D eigenvalue weighted by Gasteiger charge is -2.07. The Morgan fingerprint density at radius 2 is 2.36 bits per heavy atom. The van der Waals surface area contributed by atoms with Gasteiger partial charge in [0, 0.05) is 6.20 Å². The summed E-state index contributed by atoms with van der Waals surface area (Å²) >= 11 is 0. The second kappa shape index (κ2) is 5.49. The number of aromatic nitrogens is 2. The zero-order valence-electron chi connectivity index (χ0n) is 8.14. The molecule has 0 saturated heterocycles. The van der Waals surface area contributed by atoms with Gasteiger partial charge in [-0.05, 0) is 13.8 Å². The molecule has 0 aliphatic rings. The fourth-order valence-electron chi connectivity index (χ4n) is 0.898. The number of hydrogen-bond acceptors (Lipinski definition) is 4. The van der Waals surface area contributed by atoms with Crippen molar-refractivity contribution in [3.63, 3.8) is 0 Å². The molecule has 0 aliphatic heterocycles. The summed E-state index contributed by atoms with van der Waals surface area (Å²) in [6.07, 6.45) is 2.98. The van der Waals surface area contributed by atoms with Crippen LogP contribution in [0.4, 0.5) is 5.69 Å². The number of rotatable bonds is 3. The summed E-state index contributed by atoms with van der Waals surface area (Å²) in [5, 5.41) is 3.85. The molecule has 14 heavy (non-hydrogen) atoms. The van der Waals surface area contributed by atoms with E-state index in [4.69, 9.17) is 10.5 Å². The number of nitrogens with zero attached hydrogens (tertiary/aromatic N) is 2. The molecule has 80 valence electrons. The standard InChI is InChI=1S/C8H13N3O2.ClH/c1-6(2)13-8(12)5-11-4-7(9)3-10-11;/h3-4,6H,5,9H2,1-2H3;1H. The molecule has 0 aromatic carbocycles. The molecule has 1 aromatic rings. The highest BCUT2D eigenvalue weighted by atomic mass is 35.5. The molecule has 0 radical (unpaired) electrons. The van der Waals surface area contributed by atoms with Gasteiger partial charge in [0.2, 0.25) is 0 Å². The van der Waals surface area contributed by atoms with Crippen molar-refractivity contribution in [1.29, 1.82) is 0 Å². The fraction of sp³-hybridized carbons (Fsp3) is 0.500. The van der Waals surface area contributed by atoms with Crippen molar-refractivity contribution < 1.29 is 9.53 Å². The van der Waals surface area contributed by atoms with Gasteiger partial charge in [0.25, 0.3) is 0 Å². The maximum atomic E-state index is 11.1. The first-order valence-electron chi connectivity index (χ1n) is 4.05. The van der Waals surface area contributed by atoms with Crippen LogP contribution >= 0.6 is 12.4 Å². The Bertz CT molecular complexity index is 299. The van der Waals surface area contributed by atoms with Crippen molar-refractivity contribution in [2.24, 2.45) is 0 Å². The molecule has 0 amide bonds. The van der Waals surface area contributed by atoms with E-state index in [1.54, 1.807) is 20.0 Å². The second-order valence-electron chi connectivity index (χ2n) is 3.01. The van der Waals surface area contributed by atoms with E-state index in [1.165, 1.54) is 10.9 Å². The maximum absolute atomic E-state index is 11.1. The van der Waals surface area contributed by atoms with Gasteiger partial charge in [-0.15, -0.1) is 12.4 Å². The number of esters is 1. The molecule has 0 atom stereocenters.